The van der Waals surface area contributed by atoms with Crippen molar-refractivity contribution in [1.29, 1.82) is 0 Å². The van der Waals surface area contributed by atoms with Crippen LogP contribution in [0.3, 0.4) is 0 Å². The van der Waals surface area contributed by atoms with Crippen LogP contribution in [0, 0.1) is 24.7 Å². The van der Waals surface area contributed by atoms with Gasteiger partial charge in [-0.3, -0.25) is 9.59 Å². The van der Waals surface area contributed by atoms with Crippen LogP contribution in [0.4, 0.5) is 4.79 Å². The van der Waals surface area contributed by atoms with Crippen LogP contribution in [0.15, 0.2) is 36.4 Å². The van der Waals surface area contributed by atoms with Crippen LogP contribution in [0.25, 0.3) is 11.1 Å². The van der Waals surface area contributed by atoms with Crippen LogP contribution >= 0.6 is 0 Å². The van der Waals surface area contributed by atoms with E-state index >= 15 is 0 Å². The number of hydrogen-bond acceptors (Lipinski definition) is 7. The van der Waals surface area contributed by atoms with Gasteiger partial charge in [0.05, 0.1) is 13.0 Å². The smallest absolute Gasteiger partial charge is 0.407 e. The summed E-state index contributed by atoms with van der Waals surface area (Å²) in [6.07, 6.45) is 2.83. The molecule has 1 aliphatic carbocycles. The summed E-state index contributed by atoms with van der Waals surface area (Å²) in [6.45, 7) is 7.77. The average Bonchev–Trinajstić information content (AvgIpc) is 2.90. The fraction of sp³-hybridized carbons (Fsp3) is 0.516. The summed E-state index contributed by atoms with van der Waals surface area (Å²) in [5.41, 5.74) is 2.96. The molecule has 0 saturated heterocycles. The topological polar surface area (TPSA) is 132 Å². The zero-order chi connectivity index (χ0) is 29.4. The van der Waals surface area contributed by atoms with Crippen molar-refractivity contribution >= 4 is 23.8 Å². The second kappa shape index (κ2) is 13.5. The van der Waals surface area contributed by atoms with E-state index in [1.807, 2.05) is 58.0 Å². The first-order chi connectivity index (χ1) is 18.9. The van der Waals surface area contributed by atoms with E-state index < -0.39 is 29.6 Å². The summed E-state index contributed by atoms with van der Waals surface area (Å²) in [6, 6.07) is 10.9. The Morgan fingerprint density at radius 3 is 2.23 bits per heavy atom. The third-order valence-corrected chi connectivity index (χ3v) is 7.26. The SMILES string of the molecule is COC(=O)c1ccc(-c2ccc(C[C@H](CC(=O)C3CCC(CNC(=O)OC(C)(C)C)CC3)C(=O)O)cc2)c(C)n1. The van der Waals surface area contributed by atoms with Gasteiger partial charge in [-0.1, -0.05) is 30.3 Å². The highest BCUT2D eigenvalue weighted by Crippen LogP contribution is 2.31. The number of ketones is 1. The van der Waals surface area contributed by atoms with E-state index in [0.29, 0.717) is 25.1 Å². The highest BCUT2D eigenvalue weighted by atomic mass is 16.6. The van der Waals surface area contributed by atoms with Gasteiger partial charge in [0, 0.05) is 30.1 Å². The number of aliphatic carboxylic acids is 1. The van der Waals surface area contributed by atoms with Crippen molar-refractivity contribution < 1.29 is 33.8 Å². The Morgan fingerprint density at radius 1 is 1.02 bits per heavy atom. The molecule has 1 saturated carbocycles. The van der Waals surface area contributed by atoms with Crippen LogP contribution in [0.1, 0.15) is 74.6 Å². The number of nitrogens with one attached hydrogen (secondary N) is 1. The summed E-state index contributed by atoms with van der Waals surface area (Å²) in [5, 5.41) is 12.6. The number of rotatable bonds is 10. The van der Waals surface area contributed by atoms with E-state index in [1.165, 1.54) is 7.11 Å². The lowest BCUT2D eigenvalue weighted by Crippen LogP contribution is -2.36. The fourth-order valence-electron chi connectivity index (χ4n) is 5.08. The first-order valence-electron chi connectivity index (χ1n) is 13.7. The van der Waals surface area contributed by atoms with E-state index in [2.05, 4.69) is 10.3 Å². The van der Waals surface area contributed by atoms with Gasteiger partial charge in [-0.2, -0.15) is 0 Å². The number of esters is 1. The average molecular weight is 553 g/mol. The van der Waals surface area contributed by atoms with Gasteiger partial charge in [-0.05, 0) is 82.9 Å². The number of ether oxygens (including phenoxy) is 2. The maximum Gasteiger partial charge on any atom is 0.407 e. The number of carboxylic acid groups (broad SMARTS) is 1. The van der Waals surface area contributed by atoms with E-state index in [4.69, 9.17) is 9.47 Å². The van der Waals surface area contributed by atoms with Gasteiger partial charge in [0.2, 0.25) is 0 Å². The van der Waals surface area contributed by atoms with Crippen LogP contribution in [-0.2, 0) is 25.5 Å². The van der Waals surface area contributed by atoms with Crippen molar-refractivity contribution in [3.8, 4) is 11.1 Å². The number of aromatic nitrogens is 1. The van der Waals surface area contributed by atoms with E-state index in [-0.39, 0.29) is 36.2 Å². The van der Waals surface area contributed by atoms with Crippen molar-refractivity contribution in [3.63, 3.8) is 0 Å². The lowest BCUT2D eigenvalue weighted by Gasteiger charge is -2.29. The molecular formula is C31H40N2O7. The van der Waals surface area contributed by atoms with E-state index in [1.54, 1.807) is 6.07 Å². The Kier molecular flexibility index (Phi) is 10.4. The number of carboxylic acids is 1. The highest BCUT2D eigenvalue weighted by molar-refractivity contribution is 5.88. The lowest BCUT2D eigenvalue weighted by atomic mass is 9.77. The van der Waals surface area contributed by atoms with Gasteiger partial charge in [-0.25, -0.2) is 14.6 Å². The molecule has 2 N–H and O–H groups in total. The van der Waals surface area contributed by atoms with Gasteiger partial charge in [0.1, 0.15) is 17.1 Å². The number of methoxy groups -OCH3 is 1. The third-order valence-electron chi connectivity index (χ3n) is 7.26. The minimum atomic E-state index is -0.980. The molecule has 0 radical (unpaired) electrons. The van der Waals surface area contributed by atoms with Crippen LogP contribution in [0.5, 0.6) is 0 Å². The standard InChI is InChI=1S/C31H40N2O7/c1-19-25(14-15-26(33-19)29(37)39-5)22-10-6-20(7-11-22)16-24(28(35)36)17-27(34)23-12-8-21(9-13-23)18-32-30(38)40-31(2,3)4/h6-7,10-11,14-15,21,23-24H,8-9,12-13,16-18H2,1-5H3,(H,32,38)(H,35,36)/t21?,23?,24-/m1/s1. The zero-order valence-electron chi connectivity index (χ0n) is 24.0. The normalized spacial score (nSPS) is 17.9. The van der Waals surface area contributed by atoms with E-state index in [0.717, 1.165) is 29.5 Å². The molecule has 1 fully saturated rings. The molecule has 3 rings (SSSR count). The number of aryl methyl sites for hydroxylation is 1. The molecule has 1 aromatic heterocycles. The first kappa shape index (κ1) is 30.8. The van der Waals surface area contributed by atoms with Gasteiger partial charge in [-0.15, -0.1) is 0 Å². The monoisotopic (exact) mass is 552 g/mol. The molecule has 216 valence electrons. The van der Waals surface area contributed by atoms with Crippen LogP contribution in [0.2, 0.25) is 0 Å². The number of hydrogen-bond donors (Lipinski definition) is 2. The molecular weight excluding hydrogens is 512 g/mol. The number of alkyl carbamates (subject to hydrolysis) is 1. The molecule has 1 aliphatic rings. The van der Waals surface area contributed by atoms with Crippen LogP contribution < -0.4 is 5.32 Å². The van der Waals surface area contributed by atoms with Gasteiger partial charge >= 0.3 is 18.0 Å². The summed E-state index contributed by atoms with van der Waals surface area (Å²) < 4.78 is 9.99. The Hall–Kier alpha value is -3.75. The van der Waals surface area contributed by atoms with Crippen molar-refractivity contribution in [3.05, 3.63) is 53.3 Å². The fourth-order valence-corrected chi connectivity index (χ4v) is 5.08. The molecule has 1 amide bonds. The van der Waals surface area contributed by atoms with Gasteiger partial charge in [0.15, 0.2) is 0 Å². The largest absolute Gasteiger partial charge is 0.481 e. The summed E-state index contributed by atoms with van der Waals surface area (Å²) in [7, 11) is 1.31. The number of carbonyl (C=O) groups excluding carboxylic acids is 3. The van der Waals surface area contributed by atoms with Crippen molar-refractivity contribution in [1.82, 2.24) is 10.3 Å². The predicted molar refractivity (Wildman–Crippen MR) is 150 cm³/mol. The zero-order valence-corrected chi connectivity index (χ0v) is 24.0. The quantitative estimate of drug-likeness (QED) is 0.376. The minimum Gasteiger partial charge on any atom is -0.481 e. The minimum absolute atomic E-state index is 0.000590. The molecule has 1 heterocycles. The second-order valence-corrected chi connectivity index (χ2v) is 11.5. The highest BCUT2D eigenvalue weighted by Gasteiger charge is 2.30. The molecule has 40 heavy (non-hydrogen) atoms. The third kappa shape index (κ3) is 8.89. The Balaban J connectivity index is 1.52. The summed E-state index contributed by atoms with van der Waals surface area (Å²) >= 11 is 0. The number of carbonyl (C=O) groups is 4. The molecule has 9 heteroatoms. The van der Waals surface area contributed by atoms with Crippen LogP contribution in [-0.4, -0.2) is 53.2 Å². The molecule has 9 nitrogen and oxygen atoms in total. The van der Waals surface area contributed by atoms with Gasteiger partial charge in [0.25, 0.3) is 0 Å². The van der Waals surface area contributed by atoms with E-state index in [9.17, 15) is 24.3 Å². The second-order valence-electron chi connectivity index (χ2n) is 11.5. The molecule has 0 bridgehead atoms. The maximum atomic E-state index is 13.0. The molecule has 0 unspecified atom stereocenters. The Morgan fingerprint density at radius 2 is 1.68 bits per heavy atom. The molecule has 0 spiro atoms. The van der Waals surface area contributed by atoms with Crippen molar-refractivity contribution in [2.75, 3.05) is 13.7 Å². The Bertz CT molecular complexity index is 1210. The summed E-state index contributed by atoms with van der Waals surface area (Å²) in [5.74, 6) is -2.15. The molecule has 1 atom stereocenters. The Labute approximate surface area is 235 Å². The van der Waals surface area contributed by atoms with Gasteiger partial charge < -0.3 is 19.9 Å². The number of pyridine rings is 1. The summed E-state index contributed by atoms with van der Waals surface area (Å²) in [4.78, 5) is 53.0. The van der Waals surface area contributed by atoms with Crippen molar-refractivity contribution in [2.24, 2.45) is 17.8 Å². The predicted octanol–water partition coefficient (Wildman–Crippen LogP) is 5.38. The molecule has 0 aliphatic heterocycles. The lowest BCUT2D eigenvalue weighted by molar-refractivity contribution is -0.144. The number of amides is 1. The maximum absolute atomic E-state index is 13.0. The molecule has 1 aromatic carbocycles. The number of nitrogens with zero attached hydrogens (tertiary/aromatic N) is 1. The van der Waals surface area contributed by atoms with Crippen molar-refractivity contribution in [2.45, 2.75) is 71.8 Å². The number of benzene rings is 1. The first-order valence-corrected chi connectivity index (χ1v) is 13.7. The molecule has 2 aromatic rings. The number of Topliss-reactive ketones (excluding diaryl/α,β-unsaturated/α-hetero) is 1.